The fourth-order valence-corrected chi connectivity index (χ4v) is 2.73. The number of allylic oxidation sites excluding steroid dienone is 1. The number of rotatable bonds is 4. The normalized spacial score (nSPS) is 30.1. The van der Waals surface area contributed by atoms with E-state index in [2.05, 4.69) is 40.6 Å². The largest absolute Gasteiger partial charge is 0.469 e. The molecule has 0 spiro atoms. The van der Waals surface area contributed by atoms with E-state index in [0.29, 0.717) is 12.3 Å². The second-order valence-corrected chi connectivity index (χ2v) is 5.26. The van der Waals surface area contributed by atoms with Crippen LogP contribution < -0.4 is 0 Å². The highest BCUT2D eigenvalue weighted by molar-refractivity contribution is 9.09. The zero-order valence-electron chi connectivity index (χ0n) is 10.7. The lowest BCUT2D eigenvalue weighted by atomic mass is 9.88. The standard InChI is InChI=1S/C13H21BrO3/c1-9-4-5-11(8-12(15)16-3)17-13(9)10(2)6-7-14/h6,9,11,13H,4-5,7-8H2,1-3H3/b10-6+/t9-,11+,13-/m0/s1. The molecular weight excluding hydrogens is 284 g/mol. The summed E-state index contributed by atoms with van der Waals surface area (Å²) in [6.45, 7) is 4.29. The summed E-state index contributed by atoms with van der Waals surface area (Å²) in [7, 11) is 1.42. The molecule has 1 aliphatic heterocycles. The monoisotopic (exact) mass is 304 g/mol. The van der Waals surface area contributed by atoms with Gasteiger partial charge in [-0.05, 0) is 31.3 Å². The molecule has 1 saturated heterocycles. The van der Waals surface area contributed by atoms with Gasteiger partial charge in [-0.25, -0.2) is 0 Å². The van der Waals surface area contributed by atoms with Gasteiger partial charge in [-0.3, -0.25) is 4.79 Å². The van der Waals surface area contributed by atoms with Crippen molar-refractivity contribution >= 4 is 21.9 Å². The average Bonchev–Trinajstić information content (AvgIpc) is 2.31. The van der Waals surface area contributed by atoms with Crippen LogP contribution in [0.3, 0.4) is 0 Å². The Hall–Kier alpha value is -0.350. The lowest BCUT2D eigenvalue weighted by molar-refractivity contribution is -0.147. The number of hydrogen-bond acceptors (Lipinski definition) is 3. The quantitative estimate of drug-likeness (QED) is 0.455. The maximum Gasteiger partial charge on any atom is 0.308 e. The molecule has 3 atom stereocenters. The summed E-state index contributed by atoms with van der Waals surface area (Å²) in [5, 5.41) is 0.840. The first kappa shape index (κ1) is 14.7. The molecule has 0 aromatic carbocycles. The van der Waals surface area contributed by atoms with E-state index in [1.165, 1.54) is 12.7 Å². The van der Waals surface area contributed by atoms with E-state index in [0.717, 1.165) is 18.2 Å². The van der Waals surface area contributed by atoms with Crippen molar-refractivity contribution in [2.75, 3.05) is 12.4 Å². The fraction of sp³-hybridized carbons (Fsp3) is 0.769. The Kier molecular flexibility index (Phi) is 6.20. The Balaban J connectivity index is 2.59. The third-order valence-electron chi connectivity index (χ3n) is 3.27. The van der Waals surface area contributed by atoms with Crippen molar-refractivity contribution in [3.63, 3.8) is 0 Å². The van der Waals surface area contributed by atoms with E-state index in [1.807, 2.05) is 0 Å². The number of hydrogen-bond donors (Lipinski definition) is 0. The lowest BCUT2D eigenvalue weighted by Gasteiger charge is -2.35. The van der Waals surface area contributed by atoms with Crippen LogP contribution in [0, 0.1) is 5.92 Å². The minimum Gasteiger partial charge on any atom is -0.469 e. The summed E-state index contributed by atoms with van der Waals surface area (Å²) >= 11 is 3.40. The SMILES string of the molecule is COC(=O)C[C@H]1CC[C@H](C)[C@@H](/C(C)=C/CBr)O1. The number of esters is 1. The van der Waals surface area contributed by atoms with Gasteiger partial charge in [-0.1, -0.05) is 28.9 Å². The number of halogens is 1. The highest BCUT2D eigenvalue weighted by atomic mass is 79.9. The summed E-state index contributed by atoms with van der Waals surface area (Å²) in [6.07, 6.45) is 4.66. The molecule has 0 N–H and O–H groups in total. The molecule has 0 unspecified atom stereocenters. The molecule has 1 fully saturated rings. The van der Waals surface area contributed by atoms with Gasteiger partial charge in [0.05, 0.1) is 25.7 Å². The van der Waals surface area contributed by atoms with Crippen LogP contribution in [0.4, 0.5) is 0 Å². The van der Waals surface area contributed by atoms with Crippen molar-refractivity contribution in [1.82, 2.24) is 0 Å². The maximum absolute atomic E-state index is 11.2. The molecule has 0 aromatic heterocycles. The van der Waals surface area contributed by atoms with Crippen LogP contribution in [0.2, 0.25) is 0 Å². The highest BCUT2D eigenvalue weighted by Gasteiger charge is 2.30. The molecule has 0 aliphatic carbocycles. The van der Waals surface area contributed by atoms with E-state index in [4.69, 9.17) is 4.74 Å². The van der Waals surface area contributed by atoms with Gasteiger partial charge < -0.3 is 9.47 Å². The summed E-state index contributed by atoms with van der Waals surface area (Å²) in [6, 6.07) is 0. The second-order valence-electron chi connectivity index (χ2n) is 4.62. The fourth-order valence-electron chi connectivity index (χ4n) is 2.22. The molecule has 4 heteroatoms. The molecule has 0 saturated carbocycles. The van der Waals surface area contributed by atoms with Crippen LogP contribution in [-0.4, -0.2) is 30.6 Å². The molecular formula is C13H21BrO3. The van der Waals surface area contributed by atoms with Gasteiger partial charge in [0.25, 0.3) is 0 Å². The number of ether oxygens (including phenoxy) is 2. The highest BCUT2D eigenvalue weighted by Crippen LogP contribution is 2.30. The van der Waals surface area contributed by atoms with Gasteiger partial charge in [0.1, 0.15) is 0 Å². The van der Waals surface area contributed by atoms with Crippen molar-refractivity contribution in [1.29, 1.82) is 0 Å². The molecule has 0 aromatic rings. The Bertz CT molecular complexity index is 288. The van der Waals surface area contributed by atoms with Gasteiger partial charge in [0, 0.05) is 5.33 Å². The number of carbonyl (C=O) groups is 1. The average molecular weight is 305 g/mol. The van der Waals surface area contributed by atoms with E-state index < -0.39 is 0 Å². The van der Waals surface area contributed by atoms with Crippen LogP contribution in [-0.2, 0) is 14.3 Å². The third kappa shape index (κ3) is 4.43. The summed E-state index contributed by atoms with van der Waals surface area (Å²) in [5.41, 5.74) is 1.24. The van der Waals surface area contributed by atoms with Crippen molar-refractivity contribution in [3.05, 3.63) is 11.6 Å². The zero-order chi connectivity index (χ0) is 12.8. The Morgan fingerprint density at radius 2 is 2.24 bits per heavy atom. The van der Waals surface area contributed by atoms with Crippen molar-refractivity contribution < 1.29 is 14.3 Å². The van der Waals surface area contributed by atoms with Crippen molar-refractivity contribution in [2.24, 2.45) is 5.92 Å². The van der Waals surface area contributed by atoms with Gasteiger partial charge in [-0.15, -0.1) is 0 Å². The Morgan fingerprint density at radius 3 is 2.82 bits per heavy atom. The topological polar surface area (TPSA) is 35.5 Å². The molecule has 3 nitrogen and oxygen atoms in total. The minimum atomic E-state index is -0.189. The van der Waals surface area contributed by atoms with Crippen LogP contribution in [0.5, 0.6) is 0 Å². The first-order valence-electron chi connectivity index (χ1n) is 6.03. The molecule has 98 valence electrons. The minimum absolute atomic E-state index is 0.00215. The molecule has 0 amide bonds. The molecule has 0 radical (unpaired) electrons. The van der Waals surface area contributed by atoms with Gasteiger partial charge >= 0.3 is 5.97 Å². The molecule has 0 bridgehead atoms. The lowest BCUT2D eigenvalue weighted by Crippen LogP contribution is -2.36. The van der Waals surface area contributed by atoms with Crippen molar-refractivity contribution in [3.8, 4) is 0 Å². The molecule has 1 rings (SSSR count). The predicted octanol–water partition coefficient (Wildman–Crippen LogP) is 3.07. The van der Waals surface area contributed by atoms with Gasteiger partial charge in [0.15, 0.2) is 0 Å². The molecule has 1 heterocycles. The summed E-state index contributed by atoms with van der Waals surface area (Å²) < 4.78 is 10.7. The summed E-state index contributed by atoms with van der Waals surface area (Å²) in [5.74, 6) is 0.324. The third-order valence-corrected chi connectivity index (χ3v) is 3.59. The number of alkyl halides is 1. The first-order valence-corrected chi connectivity index (χ1v) is 7.15. The summed E-state index contributed by atoms with van der Waals surface area (Å²) in [4.78, 5) is 11.2. The Labute approximate surface area is 112 Å². The van der Waals surface area contributed by atoms with Crippen LogP contribution in [0.1, 0.15) is 33.1 Å². The first-order chi connectivity index (χ1) is 8.08. The van der Waals surface area contributed by atoms with Crippen LogP contribution in [0.15, 0.2) is 11.6 Å². The molecule has 1 aliphatic rings. The molecule has 17 heavy (non-hydrogen) atoms. The van der Waals surface area contributed by atoms with E-state index in [-0.39, 0.29) is 18.2 Å². The zero-order valence-corrected chi connectivity index (χ0v) is 12.3. The van der Waals surface area contributed by atoms with Crippen molar-refractivity contribution in [2.45, 2.75) is 45.3 Å². The van der Waals surface area contributed by atoms with E-state index >= 15 is 0 Å². The Morgan fingerprint density at radius 1 is 1.53 bits per heavy atom. The number of methoxy groups -OCH3 is 1. The van der Waals surface area contributed by atoms with Gasteiger partial charge in [0.2, 0.25) is 0 Å². The predicted molar refractivity (Wildman–Crippen MR) is 71.2 cm³/mol. The van der Waals surface area contributed by atoms with Crippen LogP contribution >= 0.6 is 15.9 Å². The van der Waals surface area contributed by atoms with E-state index in [9.17, 15) is 4.79 Å². The second kappa shape index (κ2) is 7.17. The van der Waals surface area contributed by atoms with E-state index in [1.54, 1.807) is 0 Å². The van der Waals surface area contributed by atoms with Gasteiger partial charge in [-0.2, -0.15) is 0 Å². The van der Waals surface area contributed by atoms with Crippen LogP contribution in [0.25, 0.3) is 0 Å². The number of carbonyl (C=O) groups excluding carboxylic acids is 1. The smallest absolute Gasteiger partial charge is 0.308 e. The maximum atomic E-state index is 11.2.